The Labute approximate surface area is 173 Å². The lowest BCUT2D eigenvalue weighted by molar-refractivity contribution is -0.137. The van der Waals surface area contributed by atoms with Gasteiger partial charge < -0.3 is 20.1 Å². The second-order valence-electron chi connectivity index (χ2n) is 6.73. The van der Waals surface area contributed by atoms with Gasteiger partial charge in [-0.15, -0.1) is 11.8 Å². The first-order valence-corrected chi connectivity index (χ1v) is 10.6. The lowest BCUT2D eigenvalue weighted by Crippen LogP contribution is -2.14. The van der Waals surface area contributed by atoms with Crippen LogP contribution in [-0.4, -0.2) is 34.4 Å². The minimum Gasteiger partial charge on any atom is -0.494 e. The van der Waals surface area contributed by atoms with E-state index in [2.05, 4.69) is 16.7 Å². The smallest absolute Gasteiger partial charge is 0.303 e. The number of aromatic nitrogens is 1. The van der Waals surface area contributed by atoms with Crippen LogP contribution in [0.2, 0.25) is 0 Å². The molecule has 0 aliphatic carbocycles. The number of carbonyl (C=O) groups is 2. The van der Waals surface area contributed by atoms with Gasteiger partial charge in [0, 0.05) is 29.4 Å². The molecule has 0 atom stereocenters. The van der Waals surface area contributed by atoms with Crippen LogP contribution in [0, 0.1) is 0 Å². The standard InChI is InChI=1S/C22H24N2O4S/c1-29-22-18(13-20(23)25)17-12-16(28-11-5-8-21(26)27)9-10-19(17)24(22)14-15-6-3-2-4-7-15/h2-4,6-7,9-10,12H,5,8,11,13-14H2,1H3,(H2,23,25)(H,26,27). The summed E-state index contributed by atoms with van der Waals surface area (Å²) in [6.45, 7) is 1.01. The maximum atomic E-state index is 11.7. The van der Waals surface area contributed by atoms with E-state index < -0.39 is 5.97 Å². The molecule has 2 aromatic carbocycles. The van der Waals surface area contributed by atoms with Gasteiger partial charge in [0.25, 0.3) is 0 Å². The first-order valence-electron chi connectivity index (χ1n) is 9.35. The third-order valence-electron chi connectivity index (χ3n) is 4.62. The van der Waals surface area contributed by atoms with Crippen LogP contribution >= 0.6 is 11.8 Å². The number of primary amides is 1. The lowest BCUT2D eigenvalue weighted by atomic mass is 10.1. The topological polar surface area (TPSA) is 94.6 Å². The predicted octanol–water partition coefficient (Wildman–Crippen LogP) is 3.68. The summed E-state index contributed by atoms with van der Waals surface area (Å²) in [5, 5.41) is 10.7. The van der Waals surface area contributed by atoms with E-state index in [-0.39, 0.29) is 18.7 Å². The number of hydrogen-bond donors (Lipinski definition) is 2. The Hall–Kier alpha value is -2.93. The fourth-order valence-electron chi connectivity index (χ4n) is 3.38. The zero-order chi connectivity index (χ0) is 20.8. The van der Waals surface area contributed by atoms with Crippen LogP contribution in [-0.2, 0) is 22.6 Å². The molecule has 1 aromatic heterocycles. The van der Waals surface area contributed by atoms with Gasteiger partial charge in [0.15, 0.2) is 0 Å². The summed E-state index contributed by atoms with van der Waals surface area (Å²) in [4.78, 5) is 22.4. The Morgan fingerprint density at radius 2 is 1.93 bits per heavy atom. The maximum Gasteiger partial charge on any atom is 0.303 e. The van der Waals surface area contributed by atoms with Gasteiger partial charge in [-0.1, -0.05) is 30.3 Å². The third kappa shape index (κ3) is 5.12. The highest BCUT2D eigenvalue weighted by Gasteiger charge is 2.19. The van der Waals surface area contributed by atoms with Gasteiger partial charge in [0.2, 0.25) is 5.91 Å². The van der Waals surface area contributed by atoms with E-state index in [9.17, 15) is 9.59 Å². The van der Waals surface area contributed by atoms with E-state index in [0.717, 1.165) is 21.5 Å². The molecule has 29 heavy (non-hydrogen) atoms. The molecule has 0 bridgehead atoms. The van der Waals surface area contributed by atoms with E-state index in [1.165, 1.54) is 5.56 Å². The summed E-state index contributed by atoms with van der Waals surface area (Å²) in [5.74, 6) is -0.569. The molecule has 3 aromatic rings. The molecule has 7 heteroatoms. The van der Waals surface area contributed by atoms with Crippen molar-refractivity contribution < 1.29 is 19.4 Å². The van der Waals surface area contributed by atoms with Gasteiger partial charge in [-0.2, -0.15) is 0 Å². The first kappa shape index (κ1) is 20.8. The van der Waals surface area contributed by atoms with Crippen molar-refractivity contribution in [3.63, 3.8) is 0 Å². The molecule has 3 N–H and O–H groups in total. The first-order chi connectivity index (χ1) is 14.0. The number of aliphatic carboxylic acids is 1. The van der Waals surface area contributed by atoms with E-state index in [0.29, 0.717) is 25.3 Å². The lowest BCUT2D eigenvalue weighted by Gasteiger charge is -2.10. The zero-order valence-corrected chi connectivity index (χ0v) is 17.1. The van der Waals surface area contributed by atoms with Crippen molar-refractivity contribution in [2.24, 2.45) is 5.73 Å². The van der Waals surface area contributed by atoms with Crippen LogP contribution in [0.3, 0.4) is 0 Å². The molecular formula is C22H24N2O4S. The number of carbonyl (C=O) groups excluding carboxylic acids is 1. The Morgan fingerprint density at radius 1 is 1.17 bits per heavy atom. The number of rotatable bonds is 10. The summed E-state index contributed by atoms with van der Waals surface area (Å²) >= 11 is 1.59. The van der Waals surface area contributed by atoms with E-state index in [4.69, 9.17) is 15.6 Å². The zero-order valence-electron chi connectivity index (χ0n) is 16.3. The number of hydrogen-bond acceptors (Lipinski definition) is 4. The van der Waals surface area contributed by atoms with Gasteiger partial charge in [-0.05, 0) is 36.4 Å². The number of benzene rings is 2. The van der Waals surface area contributed by atoms with Crippen LogP contribution in [0.1, 0.15) is 24.0 Å². The van der Waals surface area contributed by atoms with Gasteiger partial charge >= 0.3 is 5.97 Å². The fourth-order valence-corrected chi connectivity index (χ4v) is 4.20. The molecule has 1 heterocycles. The van der Waals surface area contributed by atoms with Gasteiger partial charge in [0.05, 0.1) is 18.1 Å². The Kier molecular flexibility index (Phi) is 6.82. The van der Waals surface area contributed by atoms with E-state index in [1.54, 1.807) is 11.8 Å². The number of amides is 1. The summed E-state index contributed by atoms with van der Waals surface area (Å²) in [6, 6.07) is 15.9. The van der Waals surface area contributed by atoms with Crippen molar-refractivity contribution in [1.29, 1.82) is 0 Å². The summed E-state index contributed by atoms with van der Waals surface area (Å²) in [7, 11) is 0. The molecule has 1 amide bonds. The molecule has 6 nitrogen and oxygen atoms in total. The number of carboxylic acids is 1. The van der Waals surface area contributed by atoms with E-state index in [1.807, 2.05) is 42.7 Å². The maximum absolute atomic E-state index is 11.7. The van der Waals surface area contributed by atoms with Crippen LogP contribution in [0.15, 0.2) is 53.6 Å². The highest BCUT2D eigenvalue weighted by atomic mass is 32.2. The quantitative estimate of drug-likeness (QED) is 0.391. The average Bonchev–Trinajstić information content (AvgIpc) is 2.97. The van der Waals surface area contributed by atoms with Crippen LogP contribution < -0.4 is 10.5 Å². The summed E-state index contributed by atoms with van der Waals surface area (Å²) in [5.41, 5.74) is 8.59. The average molecular weight is 413 g/mol. The molecule has 0 fully saturated rings. The molecule has 3 rings (SSSR count). The Bertz CT molecular complexity index is 1010. The number of carboxylic acid groups (broad SMARTS) is 1. The van der Waals surface area contributed by atoms with Crippen molar-refractivity contribution in [3.8, 4) is 5.75 Å². The van der Waals surface area contributed by atoms with Crippen LogP contribution in [0.4, 0.5) is 0 Å². The highest BCUT2D eigenvalue weighted by Crippen LogP contribution is 2.35. The van der Waals surface area contributed by atoms with Crippen LogP contribution in [0.25, 0.3) is 10.9 Å². The molecule has 0 radical (unpaired) electrons. The largest absolute Gasteiger partial charge is 0.494 e. The Morgan fingerprint density at radius 3 is 2.59 bits per heavy atom. The molecule has 0 unspecified atom stereocenters. The number of thioether (sulfide) groups is 1. The van der Waals surface area contributed by atoms with Crippen LogP contribution in [0.5, 0.6) is 5.75 Å². The summed E-state index contributed by atoms with van der Waals surface area (Å²) in [6.07, 6.45) is 2.65. The van der Waals surface area contributed by atoms with Gasteiger partial charge in [0.1, 0.15) is 5.75 Å². The van der Waals surface area contributed by atoms with Crippen molar-refractivity contribution in [2.45, 2.75) is 30.8 Å². The van der Waals surface area contributed by atoms with Crippen molar-refractivity contribution in [3.05, 3.63) is 59.7 Å². The predicted molar refractivity (Wildman–Crippen MR) is 115 cm³/mol. The van der Waals surface area contributed by atoms with Crippen molar-refractivity contribution in [1.82, 2.24) is 4.57 Å². The highest BCUT2D eigenvalue weighted by molar-refractivity contribution is 7.98. The van der Waals surface area contributed by atoms with Gasteiger partial charge in [-0.25, -0.2) is 0 Å². The minimum absolute atomic E-state index is 0.0687. The molecule has 0 aliphatic rings. The third-order valence-corrected chi connectivity index (χ3v) is 5.47. The molecule has 0 saturated heterocycles. The Balaban J connectivity index is 1.98. The number of nitrogens with zero attached hydrogens (tertiary/aromatic N) is 1. The summed E-state index contributed by atoms with van der Waals surface area (Å²) < 4.78 is 7.93. The van der Waals surface area contributed by atoms with E-state index >= 15 is 0 Å². The molecule has 0 aliphatic heterocycles. The number of fused-ring (bicyclic) bond motifs is 1. The molecule has 0 spiro atoms. The second-order valence-corrected chi connectivity index (χ2v) is 7.52. The molecule has 152 valence electrons. The normalized spacial score (nSPS) is 10.9. The van der Waals surface area contributed by atoms with Crippen molar-refractivity contribution >= 4 is 34.5 Å². The number of nitrogens with two attached hydrogens (primary N) is 1. The van der Waals surface area contributed by atoms with Crippen molar-refractivity contribution in [2.75, 3.05) is 12.9 Å². The second kappa shape index (κ2) is 9.52. The molecule has 0 saturated carbocycles. The van der Waals surface area contributed by atoms with Gasteiger partial charge in [-0.3, -0.25) is 9.59 Å². The SMILES string of the molecule is CSc1c(CC(N)=O)c2cc(OCCCC(=O)O)ccc2n1Cc1ccccc1. The minimum atomic E-state index is -0.838. The molecular weight excluding hydrogens is 388 g/mol. The fraction of sp³-hybridized carbons (Fsp3) is 0.273. The monoisotopic (exact) mass is 412 g/mol. The number of ether oxygens (including phenoxy) is 1.